The second-order valence-corrected chi connectivity index (χ2v) is 7.94. The van der Waals surface area contributed by atoms with E-state index in [2.05, 4.69) is 21.2 Å². The maximum Gasteiger partial charge on any atom is 0.150 e. The molecule has 0 saturated carbocycles. The average Bonchev–Trinajstić information content (AvgIpc) is 2.35. The smallest absolute Gasteiger partial charge is 0.150 e. The van der Waals surface area contributed by atoms with Gasteiger partial charge >= 0.3 is 0 Å². The van der Waals surface area contributed by atoms with Crippen LogP contribution in [0.3, 0.4) is 0 Å². The predicted molar refractivity (Wildman–Crippen MR) is 75.5 cm³/mol. The van der Waals surface area contributed by atoms with E-state index in [1.165, 1.54) is 0 Å². The van der Waals surface area contributed by atoms with E-state index < -0.39 is 15.4 Å². The van der Waals surface area contributed by atoms with Crippen molar-refractivity contribution in [2.24, 2.45) is 0 Å². The first-order valence-corrected chi connectivity index (χ1v) is 8.41. The number of aliphatic hydroxyl groups excluding tert-OH is 1. The second-order valence-electron chi connectivity index (χ2n) is 4.72. The molecule has 1 aliphatic rings. The molecule has 6 heteroatoms. The van der Waals surface area contributed by atoms with Crippen molar-refractivity contribution in [1.82, 2.24) is 0 Å². The summed E-state index contributed by atoms with van der Waals surface area (Å²) in [6.45, 7) is -0.0570. The van der Waals surface area contributed by atoms with Crippen molar-refractivity contribution in [2.45, 2.75) is 18.4 Å². The number of hydrogen-bond donors (Lipinski definition) is 2. The Balaban J connectivity index is 2.12. The molecule has 1 heterocycles. The number of benzene rings is 1. The van der Waals surface area contributed by atoms with E-state index >= 15 is 0 Å². The molecule has 0 amide bonds. The molecule has 0 aliphatic carbocycles. The molecule has 0 radical (unpaired) electrons. The summed E-state index contributed by atoms with van der Waals surface area (Å²) in [6, 6.07) is 7.63. The maximum atomic E-state index is 11.4. The lowest BCUT2D eigenvalue weighted by Crippen LogP contribution is -2.48. The third-order valence-corrected chi connectivity index (χ3v) is 5.52. The number of hydrogen-bond acceptors (Lipinski definition) is 4. The van der Waals surface area contributed by atoms with Gasteiger partial charge in [-0.05, 0) is 37.1 Å². The highest BCUT2D eigenvalue weighted by Crippen LogP contribution is 2.28. The average molecular weight is 334 g/mol. The van der Waals surface area contributed by atoms with Crippen LogP contribution in [0.5, 0.6) is 0 Å². The van der Waals surface area contributed by atoms with Crippen LogP contribution >= 0.6 is 15.9 Å². The van der Waals surface area contributed by atoms with Crippen LogP contribution in [0.4, 0.5) is 5.69 Å². The minimum Gasteiger partial charge on any atom is -0.394 e. The number of rotatable bonds is 3. The van der Waals surface area contributed by atoms with Crippen molar-refractivity contribution in [3.05, 3.63) is 28.7 Å². The fraction of sp³-hybridized carbons (Fsp3) is 0.500. The van der Waals surface area contributed by atoms with Crippen molar-refractivity contribution in [2.75, 3.05) is 23.4 Å². The molecule has 4 nitrogen and oxygen atoms in total. The first-order chi connectivity index (χ1) is 8.45. The predicted octanol–water partition coefficient (Wildman–Crippen LogP) is 1.80. The Morgan fingerprint density at radius 2 is 1.78 bits per heavy atom. The van der Waals surface area contributed by atoms with Gasteiger partial charge in [-0.3, -0.25) is 0 Å². The minimum atomic E-state index is -2.92. The lowest BCUT2D eigenvalue weighted by Gasteiger charge is -2.37. The van der Waals surface area contributed by atoms with Gasteiger partial charge in [0, 0.05) is 10.2 Å². The van der Waals surface area contributed by atoms with Crippen molar-refractivity contribution >= 4 is 31.5 Å². The SMILES string of the molecule is O=S1(=O)CCC(CO)(Nc2ccc(Br)cc2)CC1. The topological polar surface area (TPSA) is 66.4 Å². The number of sulfone groups is 1. The third kappa shape index (κ3) is 3.24. The van der Waals surface area contributed by atoms with Gasteiger partial charge in [0.1, 0.15) is 0 Å². The monoisotopic (exact) mass is 333 g/mol. The van der Waals surface area contributed by atoms with E-state index in [4.69, 9.17) is 0 Å². The van der Waals surface area contributed by atoms with Gasteiger partial charge in [-0.25, -0.2) is 8.42 Å². The summed E-state index contributed by atoms with van der Waals surface area (Å²) in [5, 5.41) is 12.8. The van der Waals surface area contributed by atoms with Crippen molar-refractivity contribution < 1.29 is 13.5 Å². The molecule has 0 spiro atoms. The Hall–Kier alpha value is -0.590. The summed E-state index contributed by atoms with van der Waals surface area (Å²) in [6.07, 6.45) is 0.893. The molecule has 1 aromatic carbocycles. The van der Waals surface area contributed by atoms with Gasteiger partial charge in [0.2, 0.25) is 0 Å². The second kappa shape index (κ2) is 5.19. The highest BCUT2D eigenvalue weighted by Gasteiger charge is 2.36. The molecule has 2 N–H and O–H groups in total. The van der Waals surface area contributed by atoms with Gasteiger partial charge in [-0.2, -0.15) is 0 Å². The summed E-state index contributed by atoms with van der Waals surface area (Å²) in [4.78, 5) is 0. The van der Waals surface area contributed by atoms with Crippen LogP contribution < -0.4 is 5.32 Å². The number of halogens is 1. The van der Waals surface area contributed by atoms with Crippen LogP contribution in [0.15, 0.2) is 28.7 Å². The normalized spacial score (nSPS) is 21.4. The Morgan fingerprint density at radius 3 is 2.28 bits per heavy atom. The van der Waals surface area contributed by atoms with Gasteiger partial charge in [0.15, 0.2) is 9.84 Å². The molecule has 18 heavy (non-hydrogen) atoms. The fourth-order valence-corrected chi connectivity index (χ4v) is 3.96. The Labute approximate surface area is 115 Å². The van der Waals surface area contributed by atoms with Crippen LogP contribution in [0, 0.1) is 0 Å². The summed E-state index contributed by atoms with van der Waals surface area (Å²) < 4.78 is 23.9. The Kier molecular flexibility index (Phi) is 3.99. The van der Waals surface area contributed by atoms with Gasteiger partial charge in [0.05, 0.1) is 23.7 Å². The zero-order valence-corrected chi connectivity index (χ0v) is 12.3. The minimum absolute atomic E-state index is 0.0570. The zero-order chi connectivity index (χ0) is 13.2. The third-order valence-electron chi connectivity index (χ3n) is 3.34. The van der Waals surface area contributed by atoms with Gasteiger partial charge in [0.25, 0.3) is 0 Å². The summed E-state index contributed by atoms with van der Waals surface area (Å²) in [5.74, 6) is 0.272. The lowest BCUT2D eigenvalue weighted by molar-refractivity contribution is 0.200. The molecule has 1 fully saturated rings. The van der Waals surface area contributed by atoms with E-state index in [9.17, 15) is 13.5 Å². The van der Waals surface area contributed by atoms with E-state index in [0.29, 0.717) is 12.8 Å². The van der Waals surface area contributed by atoms with E-state index in [1.54, 1.807) is 0 Å². The van der Waals surface area contributed by atoms with Crippen molar-refractivity contribution in [3.63, 3.8) is 0 Å². The molecule has 1 aromatic rings. The molecular formula is C12H16BrNO3S. The Bertz CT molecular complexity index is 499. The largest absolute Gasteiger partial charge is 0.394 e. The molecule has 1 aliphatic heterocycles. The van der Waals surface area contributed by atoms with E-state index in [0.717, 1.165) is 10.2 Å². The zero-order valence-electron chi connectivity index (χ0n) is 9.89. The molecule has 0 aromatic heterocycles. The van der Waals surface area contributed by atoms with Gasteiger partial charge in [-0.1, -0.05) is 15.9 Å². The van der Waals surface area contributed by atoms with Crippen LogP contribution in [0.1, 0.15) is 12.8 Å². The van der Waals surface area contributed by atoms with Crippen molar-refractivity contribution in [3.8, 4) is 0 Å². The van der Waals surface area contributed by atoms with E-state index in [1.807, 2.05) is 24.3 Å². The van der Waals surface area contributed by atoms with Crippen LogP contribution in [0.2, 0.25) is 0 Å². The summed E-state index contributed by atoms with van der Waals surface area (Å²) in [7, 11) is -2.92. The first kappa shape index (κ1) is 13.8. The molecule has 100 valence electrons. The van der Waals surface area contributed by atoms with Crippen LogP contribution in [0.25, 0.3) is 0 Å². The fourth-order valence-electron chi connectivity index (χ4n) is 2.09. The van der Waals surface area contributed by atoms with Crippen molar-refractivity contribution in [1.29, 1.82) is 0 Å². The summed E-state index contributed by atoms with van der Waals surface area (Å²) >= 11 is 3.36. The number of nitrogens with one attached hydrogen (secondary N) is 1. The van der Waals surface area contributed by atoms with Crippen LogP contribution in [-0.4, -0.2) is 37.2 Å². The van der Waals surface area contributed by atoms with Crippen LogP contribution in [-0.2, 0) is 9.84 Å². The molecule has 0 unspecified atom stereocenters. The quantitative estimate of drug-likeness (QED) is 0.885. The molecular weight excluding hydrogens is 318 g/mol. The van der Waals surface area contributed by atoms with Gasteiger partial charge in [-0.15, -0.1) is 0 Å². The molecule has 2 rings (SSSR count). The first-order valence-electron chi connectivity index (χ1n) is 5.80. The molecule has 0 bridgehead atoms. The van der Waals surface area contributed by atoms with E-state index in [-0.39, 0.29) is 18.1 Å². The maximum absolute atomic E-state index is 11.4. The number of aliphatic hydroxyl groups is 1. The molecule has 1 saturated heterocycles. The summed E-state index contributed by atoms with van der Waals surface area (Å²) in [5.41, 5.74) is 0.380. The van der Waals surface area contributed by atoms with Gasteiger partial charge < -0.3 is 10.4 Å². The Morgan fingerprint density at radius 1 is 1.22 bits per heavy atom. The highest BCUT2D eigenvalue weighted by molar-refractivity contribution is 9.10. The standard InChI is InChI=1S/C12H16BrNO3S/c13-10-1-3-11(4-2-10)14-12(9-15)5-7-18(16,17)8-6-12/h1-4,14-15H,5-9H2. The number of anilines is 1. The molecule has 0 atom stereocenters. The lowest BCUT2D eigenvalue weighted by atomic mass is 9.93. The highest BCUT2D eigenvalue weighted by atomic mass is 79.9.